The quantitative estimate of drug-likeness (QED) is 0.171. The molecule has 2 rings (SSSR count). The van der Waals surface area contributed by atoms with Crippen molar-refractivity contribution in [1.82, 2.24) is 4.98 Å². The zero-order valence-electron chi connectivity index (χ0n) is 20.9. The molecule has 2 aromatic rings. The lowest BCUT2D eigenvalue weighted by atomic mass is 9.94. The molecule has 0 saturated carbocycles. The topological polar surface area (TPSA) is 96.7 Å². The number of aromatic nitrogens is 1. The van der Waals surface area contributed by atoms with Crippen LogP contribution in [-0.2, 0) is 11.2 Å². The summed E-state index contributed by atoms with van der Waals surface area (Å²) < 4.78 is 6.04. The van der Waals surface area contributed by atoms with Gasteiger partial charge in [-0.25, -0.2) is 9.59 Å². The lowest BCUT2D eigenvalue weighted by molar-refractivity contribution is -0.131. The molecule has 0 fully saturated rings. The number of benzene rings is 1. The van der Waals surface area contributed by atoms with Gasteiger partial charge in [0.05, 0.1) is 17.9 Å². The van der Waals surface area contributed by atoms with Crippen LogP contribution in [0.5, 0.6) is 5.75 Å². The number of aliphatic carboxylic acids is 1. The van der Waals surface area contributed by atoms with Gasteiger partial charge in [0.15, 0.2) is 0 Å². The van der Waals surface area contributed by atoms with Gasteiger partial charge in [0.1, 0.15) is 5.75 Å². The molecule has 0 aliphatic heterocycles. The summed E-state index contributed by atoms with van der Waals surface area (Å²) in [5, 5.41) is 18.9. The SMILES string of the molecule is CCCCCCCCCCCCOc1ccc(-c2ccccn2)c(C(=O)O)c1CCC=CC(=O)O. The van der Waals surface area contributed by atoms with Crippen molar-refractivity contribution in [1.29, 1.82) is 0 Å². The summed E-state index contributed by atoms with van der Waals surface area (Å²) in [5.74, 6) is -1.53. The average molecular weight is 482 g/mol. The minimum Gasteiger partial charge on any atom is -0.493 e. The van der Waals surface area contributed by atoms with E-state index in [2.05, 4.69) is 11.9 Å². The van der Waals surface area contributed by atoms with Crippen LogP contribution in [0.4, 0.5) is 0 Å². The molecule has 1 aromatic heterocycles. The molecule has 190 valence electrons. The molecular formula is C29H39NO5. The van der Waals surface area contributed by atoms with Crippen LogP contribution in [0.2, 0.25) is 0 Å². The molecule has 0 radical (unpaired) electrons. The number of carboxylic acid groups (broad SMARTS) is 2. The van der Waals surface area contributed by atoms with Gasteiger partial charge in [0.25, 0.3) is 0 Å². The molecule has 0 saturated heterocycles. The van der Waals surface area contributed by atoms with Crippen molar-refractivity contribution in [3.05, 3.63) is 59.8 Å². The van der Waals surface area contributed by atoms with Crippen molar-refractivity contribution in [3.63, 3.8) is 0 Å². The molecule has 2 N–H and O–H groups in total. The van der Waals surface area contributed by atoms with Gasteiger partial charge in [0.2, 0.25) is 0 Å². The van der Waals surface area contributed by atoms with E-state index in [4.69, 9.17) is 9.84 Å². The summed E-state index contributed by atoms with van der Waals surface area (Å²) in [7, 11) is 0. The summed E-state index contributed by atoms with van der Waals surface area (Å²) in [4.78, 5) is 27.4. The number of pyridine rings is 1. The molecule has 1 aromatic carbocycles. The Hall–Kier alpha value is -3.15. The van der Waals surface area contributed by atoms with Crippen molar-refractivity contribution in [2.45, 2.75) is 84.0 Å². The lowest BCUT2D eigenvalue weighted by Gasteiger charge is -2.17. The molecular weight excluding hydrogens is 442 g/mol. The Balaban J connectivity index is 2.01. The van der Waals surface area contributed by atoms with Crippen molar-refractivity contribution >= 4 is 11.9 Å². The van der Waals surface area contributed by atoms with Gasteiger partial charge in [0, 0.05) is 23.4 Å². The Labute approximate surface area is 209 Å². The Kier molecular flexibility index (Phi) is 13.2. The van der Waals surface area contributed by atoms with E-state index in [0.29, 0.717) is 42.0 Å². The molecule has 0 aliphatic carbocycles. The summed E-state index contributed by atoms with van der Waals surface area (Å²) in [6, 6.07) is 8.93. The monoisotopic (exact) mass is 481 g/mol. The van der Waals surface area contributed by atoms with Crippen LogP contribution in [-0.4, -0.2) is 33.7 Å². The fraction of sp³-hybridized carbons (Fsp3) is 0.483. The number of unbranched alkanes of at least 4 members (excludes halogenated alkanes) is 9. The molecule has 6 nitrogen and oxygen atoms in total. The van der Waals surface area contributed by atoms with E-state index in [0.717, 1.165) is 18.9 Å². The van der Waals surface area contributed by atoms with E-state index >= 15 is 0 Å². The number of hydrogen-bond acceptors (Lipinski definition) is 4. The number of aromatic carboxylic acids is 1. The smallest absolute Gasteiger partial charge is 0.336 e. The van der Waals surface area contributed by atoms with Crippen molar-refractivity contribution in [3.8, 4) is 17.0 Å². The maximum absolute atomic E-state index is 12.3. The average Bonchev–Trinajstić information content (AvgIpc) is 2.85. The first-order valence-corrected chi connectivity index (χ1v) is 12.9. The van der Waals surface area contributed by atoms with Crippen LogP contribution in [0.15, 0.2) is 48.7 Å². The Morgan fingerprint density at radius 2 is 1.60 bits per heavy atom. The van der Waals surface area contributed by atoms with Crippen LogP contribution in [0, 0.1) is 0 Å². The molecule has 0 unspecified atom stereocenters. The summed E-state index contributed by atoms with van der Waals surface area (Å²) in [6.07, 6.45) is 17.3. The molecule has 1 heterocycles. The second-order valence-corrected chi connectivity index (χ2v) is 8.79. The first kappa shape index (κ1) is 28.1. The zero-order valence-corrected chi connectivity index (χ0v) is 20.9. The maximum atomic E-state index is 12.3. The number of hydrogen-bond donors (Lipinski definition) is 2. The van der Waals surface area contributed by atoms with Gasteiger partial charge in [-0.2, -0.15) is 0 Å². The van der Waals surface area contributed by atoms with Crippen LogP contribution in [0.25, 0.3) is 11.3 Å². The minimum atomic E-state index is -1.05. The predicted molar refractivity (Wildman–Crippen MR) is 139 cm³/mol. The summed E-state index contributed by atoms with van der Waals surface area (Å²) >= 11 is 0. The second kappa shape index (κ2) is 16.5. The molecule has 0 spiro atoms. The lowest BCUT2D eigenvalue weighted by Crippen LogP contribution is -2.09. The van der Waals surface area contributed by atoms with Crippen molar-refractivity contribution in [2.75, 3.05) is 6.61 Å². The van der Waals surface area contributed by atoms with Crippen LogP contribution >= 0.6 is 0 Å². The van der Waals surface area contributed by atoms with E-state index in [1.165, 1.54) is 57.4 Å². The van der Waals surface area contributed by atoms with Gasteiger partial charge < -0.3 is 14.9 Å². The summed E-state index contributed by atoms with van der Waals surface area (Å²) in [5.41, 5.74) is 1.84. The predicted octanol–water partition coefficient (Wildman–Crippen LogP) is 7.32. The van der Waals surface area contributed by atoms with Gasteiger partial charge >= 0.3 is 11.9 Å². The van der Waals surface area contributed by atoms with E-state index in [1.807, 2.05) is 12.1 Å². The Morgan fingerprint density at radius 1 is 0.914 bits per heavy atom. The zero-order chi connectivity index (χ0) is 25.3. The third-order valence-corrected chi connectivity index (χ3v) is 6.00. The number of rotatable bonds is 18. The Bertz CT molecular complexity index is 940. The first-order valence-electron chi connectivity index (χ1n) is 12.9. The highest BCUT2D eigenvalue weighted by molar-refractivity contribution is 5.98. The normalized spacial score (nSPS) is 11.1. The van der Waals surface area contributed by atoms with Gasteiger partial charge in [-0.1, -0.05) is 76.9 Å². The molecule has 0 aliphatic rings. The van der Waals surface area contributed by atoms with E-state index in [-0.39, 0.29) is 5.56 Å². The van der Waals surface area contributed by atoms with Crippen LogP contribution < -0.4 is 4.74 Å². The highest BCUT2D eigenvalue weighted by Gasteiger charge is 2.21. The summed E-state index contributed by atoms with van der Waals surface area (Å²) in [6.45, 7) is 2.76. The second-order valence-electron chi connectivity index (χ2n) is 8.79. The Morgan fingerprint density at radius 3 is 2.20 bits per heavy atom. The molecule has 6 heteroatoms. The van der Waals surface area contributed by atoms with E-state index in [9.17, 15) is 14.7 Å². The van der Waals surface area contributed by atoms with Gasteiger partial charge in [-0.3, -0.25) is 4.98 Å². The largest absolute Gasteiger partial charge is 0.493 e. The molecule has 35 heavy (non-hydrogen) atoms. The highest BCUT2D eigenvalue weighted by atomic mass is 16.5. The minimum absolute atomic E-state index is 0.160. The third kappa shape index (κ3) is 10.3. The highest BCUT2D eigenvalue weighted by Crippen LogP contribution is 2.33. The van der Waals surface area contributed by atoms with Gasteiger partial charge in [-0.15, -0.1) is 0 Å². The fourth-order valence-electron chi connectivity index (χ4n) is 4.18. The number of carbonyl (C=O) groups is 2. The number of carboxylic acids is 2. The van der Waals surface area contributed by atoms with Gasteiger partial charge in [-0.05, 0) is 43.5 Å². The third-order valence-electron chi connectivity index (χ3n) is 6.00. The number of ether oxygens (including phenoxy) is 1. The van der Waals surface area contributed by atoms with E-state index in [1.54, 1.807) is 24.4 Å². The van der Waals surface area contributed by atoms with Crippen molar-refractivity contribution < 1.29 is 24.5 Å². The number of nitrogens with zero attached hydrogens (tertiary/aromatic N) is 1. The standard InChI is InChI=1S/C29H39NO5/c1-2-3-4-5-6-7-8-9-10-15-22-35-26-20-19-23(25-17-13-14-21-30-25)28(29(33)34)24(26)16-11-12-18-27(31)32/h12-14,17-21H,2-11,15-16,22H2,1H3,(H,31,32)(H,33,34). The van der Waals surface area contributed by atoms with Crippen LogP contribution in [0.3, 0.4) is 0 Å². The fourth-order valence-corrected chi connectivity index (χ4v) is 4.18. The first-order chi connectivity index (χ1) is 17.0. The number of allylic oxidation sites excluding steroid dienone is 1. The molecule has 0 amide bonds. The molecule has 0 atom stereocenters. The van der Waals surface area contributed by atoms with Crippen molar-refractivity contribution in [2.24, 2.45) is 0 Å². The molecule has 0 bridgehead atoms. The van der Waals surface area contributed by atoms with E-state index < -0.39 is 11.9 Å². The van der Waals surface area contributed by atoms with Crippen LogP contribution in [0.1, 0.15) is 93.5 Å². The maximum Gasteiger partial charge on any atom is 0.336 e.